The summed E-state index contributed by atoms with van der Waals surface area (Å²) in [6.45, 7) is 32.3. The van der Waals surface area contributed by atoms with Crippen LogP contribution < -0.4 is 0 Å². The van der Waals surface area contributed by atoms with Gasteiger partial charge in [-0.3, -0.25) is 19.4 Å². The molecule has 4 saturated carbocycles. The first-order chi connectivity index (χ1) is 32.8. The Balaban J connectivity index is 0.000000297. The molecule has 0 aromatic rings. The van der Waals surface area contributed by atoms with Crippen molar-refractivity contribution in [3.8, 4) is 0 Å². The monoisotopic (exact) mass is 956 g/mol. The zero-order valence-electron chi connectivity index (χ0n) is 47.1. The maximum absolute atomic E-state index is 13.3. The molecule has 68 heavy (non-hydrogen) atoms. The van der Waals surface area contributed by atoms with Crippen LogP contribution in [0, 0.1) is 47.3 Å². The normalized spacial score (nSPS) is 32.2. The van der Waals surface area contributed by atoms with Gasteiger partial charge >= 0.3 is 0 Å². The van der Waals surface area contributed by atoms with Gasteiger partial charge in [0.1, 0.15) is 11.5 Å². The molecule has 0 unspecified atom stereocenters. The van der Waals surface area contributed by atoms with Gasteiger partial charge in [-0.05, 0) is 185 Å². The summed E-state index contributed by atoms with van der Waals surface area (Å²) < 4.78 is 13.3. The molecule has 0 N–H and O–H groups in total. The van der Waals surface area contributed by atoms with E-state index in [4.69, 9.17) is 0 Å². The van der Waals surface area contributed by atoms with Crippen LogP contribution in [-0.4, -0.2) is 94.4 Å². The Kier molecular flexibility index (Phi) is 30.3. The molecule has 8 nitrogen and oxygen atoms in total. The second-order valence-corrected chi connectivity index (χ2v) is 21.8. The Morgan fingerprint density at radius 3 is 1.22 bits per heavy atom. The lowest BCUT2D eigenvalue weighted by Gasteiger charge is -2.44. The highest BCUT2D eigenvalue weighted by atomic mass is 19.1. The van der Waals surface area contributed by atoms with Gasteiger partial charge in [0.05, 0.1) is 19.6 Å². The number of hydrogen-bond donors (Lipinski definition) is 0. The topological polar surface area (TPSA) is 85.6 Å². The van der Waals surface area contributed by atoms with Crippen LogP contribution in [0.4, 0.5) is 4.39 Å². The first-order valence-corrected chi connectivity index (χ1v) is 29.4. The Morgan fingerprint density at radius 1 is 0.485 bits per heavy atom. The van der Waals surface area contributed by atoms with Crippen LogP contribution >= 0.6 is 0 Å². The standard InChI is InChI=1S/C15H25NO.C13H23NO.C12H20FNO.C11H18N2.4C2H6/c1-11-5-7-12(8-6-11)15(17)16-13-3-2-4-14(16)10-9-13;1-11-5-7-12(8-6-11)13(15)14-9-3-2-4-10-14;1-9-3-5-10(6-4-9)11(15)14-7-12(2,13)8-14;1-8-3-5-10(6-4-8)11-7-12-9(2)13-11;4*1-2/h11-14H,2-10H2,1H3;11-12H,2-10H2,1H3;9-10H,3-8H2,1-2H3;8,10H,3-7H2,1-2H3;4*1-2H3/t11?,12?,13-,14+;;;;;;;. The number of alkyl halides is 1. The number of likely N-dealkylation sites (tertiary alicyclic amines) is 2. The van der Waals surface area contributed by atoms with Gasteiger partial charge in [-0.2, -0.15) is 0 Å². The number of nitrogens with zero attached hydrogens (tertiary/aromatic N) is 5. The van der Waals surface area contributed by atoms with Crippen molar-refractivity contribution in [3.63, 3.8) is 0 Å². The lowest BCUT2D eigenvalue weighted by atomic mass is 9.80. The third-order valence-corrected chi connectivity index (χ3v) is 16.3. The fraction of sp³-hybridized carbons (Fsp3) is 0.915. The molecule has 0 aromatic carbocycles. The zero-order chi connectivity index (χ0) is 50.8. The highest BCUT2D eigenvalue weighted by Crippen LogP contribution is 2.39. The first kappa shape index (κ1) is 61.8. The molecule has 2 atom stereocenters. The minimum Gasteiger partial charge on any atom is -0.342 e. The largest absolute Gasteiger partial charge is 0.342 e. The molecule has 9 rings (SSSR count). The van der Waals surface area contributed by atoms with Crippen molar-refractivity contribution < 1.29 is 18.8 Å². The van der Waals surface area contributed by atoms with Gasteiger partial charge in [0, 0.05) is 48.6 Å². The minimum absolute atomic E-state index is 0.178. The molecule has 2 bridgehead atoms. The van der Waals surface area contributed by atoms with E-state index in [-0.39, 0.29) is 11.8 Å². The van der Waals surface area contributed by atoms with Gasteiger partial charge in [0.2, 0.25) is 17.7 Å². The summed E-state index contributed by atoms with van der Waals surface area (Å²) in [6, 6.07) is 1.22. The van der Waals surface area contributed by atoms with E-state index in [1.54, 1.807) is 11.8 Å². The maximum atomic E-state index is 13.3. The Hall–Kier alpha value is -2.32. The lowest BCUT2D eigenvalue weighted by molar-refractivity contribution is -0.149. The number of rotatable bonds is 4. The molecule has 9 heteroatoms. The van der Waals surface area contributed by atoms with E-state index >= 15 is 0 Å². The van der Waals surface area contributed by atoms with E-state index < -0.39 is 5.67 Å². The second kappa shape index (κ2) is 33.4. The summed E-state index contributed by atoms with van der Waals surface area (Å²) in [5.41, 5.74) is 0.224. The first-order valence-electron chi connectivity index (χ1n) is 29.4. The van der Waals surface area contributed by atoms with Gasteiger partial charge in [0.25, 0.3) is 0 Å². The summed E-state index contributed by atoms with van der Waals surface area (Å²) in [5, 5.41) is 0. The third kappa shape index (κ3) is 20.1. The molecule has 5 aliphatic heterocycles. The Bertz CT molecular complexity index is 1420. The van der Waals surface area contributed by atoms with E-state index in [2.05, 4.69) is 47.5 Å². The smallest absolute Gasteiger partial charge is 0.226 e. The molecular formula is C59H110FN5O3. The van der Waals surface area contributed by atoms with Gasteiger partial charge in [-0.1, -0.05) is 95.9 Å². The highest BCUT2D eigenvalue weighted by Gasteiger charge is 2.44. The van der Waals surface area contributed by atoms with Crippen molar-refractivity contribution >= 4 is 29.3 Å². The number of amides is 3. The summed E-state index contributed by atoms with van der Waals surface area (Å²) in [5.74, 6) is 7.18. The average Bonchev–Trinajstić information content (AvgIpc) is 3.92. The van der Waals surface area contributed by atoms with E-state index in [0.29, 0.717) is 48.8 Å². The van der Waals surface area contributed by atoms with Crippen LogP contribution in [0.1, 0.15) is 251 Å². The van der Waals surface area contributed by atoms with Crippen molar-refractivity contribution in [2.24, 2.45) is 57.3 Å². The second-order valence-electron chi connectivity index (χ2n) is 21.8. The van der Waals surface area contributed by atoms with E-state index in [1.807, 2.05) is 62.3 Å². The van der Waals surface area contributed by atoms with E-state index in [9.17, 15) is 18.8 Å². The SMILES string of the molecule is CC.CC.CC.CC.CC1=NCC(C2CCC(C)CC2)=N1.CC1CCC(C(=O)N2CC(C)(F)C2)CC1.CC1CCC(C(=O)N2CCCCC2)CC1.CC1CCC(C(=O)N2[C@@H]3CCC[C@H]2CC3)CC1. The summed E-state index contributed by atoms with van der Waals surface area (Å²) in [7, 11) is 0. The van der Waals surface area contributed by atoms with Crippen LogP contribution in [-0.2, 0) is 14.4 Å². The van der Waals surface area contributed by atoms with Gasteiger partial charge in [-0.15, -0.1) is 0 Å². The summed E-state index contributed by atoms with van der Waals surface area (Å²) in [4.78, 5) is 51.7. The predicted octanol–water partition coefficient (Wildman–Crippen LogP) is 15.4. The molecule has 5 heterocycles. The number of carbonyl (C=O) groups is 3. The van der Waals surface area contributed by atoms with Crippen molar-refractivity contribution in [2.45, 2.75) is 269 Å². The van der Waals surface area contributed by atoms with Gasteiger partial charge in [-0.25, -0.2) is 9.38 Å². The zero-order valence-corrected chi connectivity index (χ0v) is 47.1. The van der Waals surface area contributed by atoms with Crippen LogP contribution in [0.15, 0.2) is 9.98 Å². The Labute approximate surface area is 420 Å². The Morgan fingerprint density at radius 2 is 0.853 bits per heavy atom. The molecule has 4 aliphatic carbocycles. The van der Waals surface area contributed by atoms with Crippen molar-refractivity contribution in [1.82, 2.24) is 14.7 Å². The summed E-state index contributed by atoms with van der Waals surface area (Å²) >= 11 is 0. The number of carbonyl (C=O) groups excluding carboxylic acids is 3. The highest BCUT2D eigenvalue weighted by molar-refractivity contribution is 6.04. The van der Waals surface area contributed by atoms with Crippen LogP contribution in [0.5, 0.6) is 0 Å². The summed E-state index contributed by atoms with van der Waals surface area (Å²) in [6.07, 6.45) is 29.5. The van der Waals surface area contributed by atoms with Crippen molar-refractivity contribution in [1.29, 1.82) is 0 Å². The number of halogens is 1. The van der Waals surface area contributed by atoms with E-state index in [1.165, 1.54) is 108 Å². The minimum atomic E-state index is -1.13. The number of aliphatic imine (C=N–C) groups is 2. The lowest BCUT2D eigenvalue weighted by Crippen LogP contribution is -2.60. The molecule has 8 fully saturated rings. The molecule has 0 spiro atoms. The van der Waals surface area contributed by atoms with Crippen LogP contribution in [0.2, 0.25) is 0 Å². The predicted molar refractivity (Wildman–Crippen MR) is 289 cm³/mol. The van der Waals surface area contributed by atoms with Gasteiger partial charge in [0.15, 0.2) is 0 Å². The fourth-order valence-electron chi connectivity index (χ4n) is 12.0. The molecule has 0 radical (unpaired) electrons. The van der Waals surface area contributed by atoms with Gasteiger partial charge < -0.3 is 14.7 Å². The van der Waals surface area contributed by atoms with Crippen molar-refractivity contribution in [2.75, 3.05) is 32.7 Å². The van der Waals surface area contributed by atoms with Crippen LogP contribution in [0.3, 0.4) is 0 Å². The number of piperidine rings is 2. The molecule has 4 saturated heterocycles. The quantitative estimate of drug-likeness (QED) is 0.281. The molecule has 9 aliphatic rings. The third-order valence-electron chi connectivity index (χ3n) is 16.3. The fourth-order valence-corrected chi connectivity index (χ4v) is 12.0. The number of amidine groups is 1. The van der Waals surface area contributed by atoms with E-state index in [0.717, 1.165) is 106 Å². The number of fused-ring (bicyclic) bond motifs is 2. The van der Waals surface area contributed by atoms with Crippen LogP contribution in [0.25, 0.3) is 0 Å². The molecule has 3 amide bonds. The molecular weight excluding hydrogens is 846 g/mol. The average molecular weight is 957 g/mol. The maximum Gasteiger partial charge on any atom is 0.226 e. The van der Waals surface area contributed by atoms with Crippen molar-refractivity contribution in [3.05, 3.63) is 0 Å². The molecule has 0 aromatic heterocycles. The molecule has 396 valence electrons. The number of hydrogen-bond acceptors (Lipinski definition) is 5.